The van der Waals surface area contributed by atoms with Gasteiger partial charge in [-0.15, -0.1) is 0 Å². The average molecular weight is 511 g/mol. The van der Waals surface area contributed by atoms with Gasteiger partial charge in [0.1, 0.15) is 11.4 Å². The normalized spacial score (nSPS) is 14.1. The highest BCUT2D eigenvalue weighted by atomic mass is 19.4. The Kier molecular flexibility index (Phi) is 5.85. The predicted octanol–water partition coefficient (Wildman–Crippen LogP) is 5.62. The molecule has 37 heavy (non-hydrogen) atoms. The Balaban J connectivity index is 1.40. The van der Waals surface area contributed by atoms with Crippen LogP contribution >= 0.6 is 0 Å². The van der Waals surface area contributed by atoms with E-state index in [1.54, 1.807) is 23.2 Å². The minimum atomic E-state index is -4.42. The second kappa shape index (κ2) is 8.79. The van der Waals surface area contributed by atoms with Gasteiger partial charge in [-0.1, -0.05) is 12.1 Å². The largest absolute Gasteiger partial charge is 0.444 e. The number of carbonyl (C=O) groups excluding carboxylic acids is 1. The monoisotopic (exact) mass is 510 g/mol. The third-order valence-electron chi connectivity index (χ3n) is 6.13. The number of imidazole rings is 1. The number of aromatic nitrogens is 3. The summed E-state index contributed by atoms with van der Waals surface area (Å²) in [5.41, 5.74) is 1.59. The van der Waals surface area contributed by atoms with E-state index in [1.165, 1.54) is 22.8 Å². The van der Waals surface area contributed by atoms with Crippen molar-refractivity contribution in [3.63, 3.8) is 0 Å². The van der Waals surface area contributed by atoms with Crippen LogP contribution in [0.3, 0.4) is 0 Å². The molecule has 0 atom stereocenters. The molecule has 192 valence electrons. The summed E-state index contributed by atoms with van der Waals surface area (Å²) in [6.45, 7) is 6.86. The lowest BCUT2D eigenvalue weighted by atomic mass is 10.0. The van der Waals surface area contributed by atoms with E-state index in [0.717, 1.165) is 23.5 Å². The van der Waals surface area contributed by atoms with Crippen molar-refractivity contribution in [3.8, 4) is 16.8 Å². The molecule has 10 heteroatoms. The van der Waals surface area contributed by atoms with Crippen LogP contribution in [0.1, 0.15) is 32.2 Å². The molecule has 0 radical (unpaired) electrons. The summed E-state index contributed by atoms with van der Waals surface area (Å²) in [6.07, 6.45) is -3.20. The van der Waals surface area contributed by atoms with Crippen LogP contribution in [0.15, 0.2) is 65.6 Å². The van der Waals surface area contributed by atoms with Gasteiger partial charge in [-0.3, -0.25) is 14.3 Å². The van der Waals surface area contributed by atoms with Crippen LogP contribution in [0.5, 0.6) is 0 Å². The van der Waals surface area contributed by atoms with Gasteiger partial charge in [-0.05, 0) is 68.3 Å². The molecule has 3 heterocycles. The average Bonchev–Trinajstić information content (AvgIpc) is 3.19. The van der Waals surface area contributed by atoms with E-state index in [0.29, 0.717) is 42.0 Å². The molecule has 0 saturated carbocycles. The fourth-order valence-corrected chi connectivity index (χ4v) is 4.36. The lowest BCUT2D eigenvalue weighted by Crippen LogP contribution is -2.41. The zero-order chi connectivity index (χ0) is 26.5. The van der Waals surface area contributed by atoms with Crippen molar-refractivity contribution >= 4 is 17.1 Å². The molecule has 2 aromatic carbocycles. The molecule has 5 rings (SSSR count). The van der Waals surface area contributed by atoms with Crippen LogP contribution in [-0.2, 0) is 24.0 Å². The maximum Gasteiger partial charge on any atom is 0.416 e. The molecule has 1 aliphatic rings. The molecule has 0 aliphatic carbocycles. The quantitative estimate of drug-likeness (QED) is 0.351. The Morgan fingerprint density at radius 1 is 0.946 bits per heavy atom. The van der Waals surface area contributed by atoms with Crippen molar-refractivity contribution < 1.29 is 22.7 Å². The lowest BCUT2D eigenvalue weighted by molar-refractivity contribution is -0.137. The molecular weight excluding hydrogens is 485 g/mol. The first-order valence-electron chi connectivity index (χ1n) is 11.8. The molecule has 0 N–H and O–H groups in total. The predicted molar refractivity (Wildman–Crippen MR) is 132 cm³/mol. The number of rotatable bonds is 2. The molecule has 0 unspecified atom stereocenters. The molecule has 0 fully saturated rings. The standard InChI is InChI=1S/C27H25F3N4O3/c1-26(2,3)37-25(36)32-12-13-34-22-9-8-20(15-21(22)31-23(34)16-32)33-11-10-18(14-24(33)35)17-4-6-19(7-5-17)27(28,29)30/h4-11,14-15H,12-13,16H2,1-3H3. The van der Waals surface area contributed by atoms with E-state index in [4.69, 9.17) is 9.72 Å². The van der Waals surface area contributed by atoms with Crippen LogP contribution in [0.2, 0.25) is 0 Å². The fraction of sp³-hybridized carbons (Fsp3) is 0.296. The summed E-state index contributed by atoms with van der Waals surface area (Å²) in [6, 6.07) is 13.3. The summed E-state index contributed by atoms with van der Waals surface area (Å²) in [4.78, 5) is 31.7. The van der Waals surface area contributed by atoms with E-state index in [2.05, 4.69) is 4.57 Å². The maximum atomic E-state index is 12.9. The van der Waals surface area contributed by atoms with Crippen molar-refractivity contribution in [1.82, 2.24) is 19.0 Å². The minimum Gasteiger partial charge on any atom is -0.444 e. The Labute approximate surface area is 210 Å². The molecule has 2 aromatic heterocycles. The molecule has 0 saturated heterocycles. The van der Waals surface area contributed by atoms with E-state index in [-0.39, 0.29) is 11.7 Å². The number of hydrogen-bond acceptors (Lipinski definition) is 4. The lowest BCUT2D eigenvalue weighted by Gasteiger charge is -2.30. The second-order valence-electron chi connectivity index (χ2n) is 9.95. The third kappa shape index (κ3) is 4.96. The SMILES string of the molecule is CC(C)(C)OC(=O)N1CCn2c(nc3cc(-n4ccc(-c5ccc(C(F)(F)F)cc5)cc4=O)ccc32)C1. The smallest absolute Gasteiger partial charge is 0.416 e. The Morgan fingerprint density at radius 3 is 2.32 bits per heavy atom. The third-order valence-corrected chi connectivity index (χ3v) is 6.13. The summed E-state index contributed by atoms with van der Waals surface area (Å²) in [5.74, 6) is 0.731. The second-order valence-corrected chi connectivity index (χ2v) is 9.95. The van der Waals surface area contributed by atoms with Crippen LogP contribution < -0.4 is 5.56 Å². The van der Waals surface area contributed by atoms with Crippen molar-refractivity contribution in [1.29, 1.82) is 0 Å². The number of carbonyl (C=O) groups is 1. The van der Waals surface area contributed by atoms with Crippen molar-refractivity contribution in [2.45, 2.75) is 45.6 Å². The number of amides is 1. The summed E-state index contributed by atoms with van der Waals surface area (Å²) >= 11 is 0. The van der Waals surface area contributed by atoms with Crippen molar-refractivity contribution in [2.24, 2.45) is 0 Å². The Bertz CT molecular complexity index is 1550. The number of nitrogens with zero attached hydrogens (tertiary/aromatic N) is 4. The van der Waals surface area contributed by atoms with E-state index in [1.807, 2.05) is 32.9 Å². The van der Waals surface area contributed by atoms with Gasteiger partial charge >= 0.3 is 12.3 Å². The number of halogens is 3. The van der Waals surface area contributed by atoms with Gasteiger partial charge in [-0.2, -0.15) is 13.2 Å². The van der Waals surface area contributed by atoms with Crippen LogP contribution in [0.4, 0.5) is 18.0 Å². The summed E-state index contributed by atoms with van der Waals surface area (Å²) < 4.78 is 47.5. The van der Waals surface area contributed by atoms with Crippen LogP contribution in [0.25, 0.3) is 27.8 Å². The number of fused-ring (bicyclic) bond motifs is 3. The number of pyridine rings is 1. The van der Waals surface area contributed by atoms with Crippen LogP contribution in [-0.4, -0.2) is 37.3 Å². The van der Waals surface area contributed by atoms with Crippen LogP contribution in [0, 0.1) is 0 Å². The number of benzene rings is 2. The van der Waals surface area contributed by atoms with Crippen molar-refractivity contribution in [3.05, 3.63) is 82.5 Å². The van der Waals surface area contributed by atoms with Gasteiger partial charge in [0, 0.05) is 25.4 Å². The molecule has 1 aliphatic heterocycles. The first kappa shape index (κ1) is 24.6. The molecule has 7 nitrogen and oxygen atoms in total. The van der Waals surface area contributed by atoms with Gasteiger partial charge in [0.2, 0.25) is 0 Å². The first-order chi connectivity index (χ1) is 17.4. The van der Waals surface area contributed by atoms with E-state index in [9.17, 15) is 22.8 Å². The topological polar surface area (TPSA) is 69.4 Å². The minimum absolute atomic E-state index is 0.320. The van der Waals surface area contributed by atoms with Crippen molar-refractivity contribution in [2.75, 3.05) is 6.54 Å². The Morgan fingerprint density at radius 2 is 1.68 bits per heavy atom. The number of hydrogen-bond donors (Lipinski definition) is 0. The van der Waals surface area contributed by atoms with Gasteiger partial charge in [0.25, 0.3) is 5.56 Å². The zero-order valence-corrected chi connectivity index (χ0v) is 20.5. The van der Waals surface area contributed by atoms with Gasteiger partial charge in [0.05, 0.1) is 28.8 Å². The number of ether oxygens (including phenoxy) is 1. The molecule has 1 amide bonds. The molecule has 0 spiro atoms. The summed E-state index contributed by atoms with van der Waals surface area (Å²) in [7, 11) is 0. The highest BCUT2D eigenvalue weighted by Crippen LogP contribution is 2.31. The highest BCUT2D eigenvalue weighted by molar-refractivity contribution is 5.79. The molecule has 0 bridgehead atoms. The first-order valence-corrected chi connectivity index (χ1v) is 11.8. The molecular formula is C27H25F3N4O3. The molecule has 4 aromatic rings. The van der Waals surface area contributed by atoms with Gasteiger partial charge < -0.3 is 9.30 Å². The van der Waals surface area contributed by atoms with Gasteiger partial charge in [-0.25, -0.2) is 9.78 Å². The Hall–Kier alpha value is -4.08. The van der Waals surface area contributed by atoms with E-state index < -0.39 is 17.3 Å². The highest BCUT2D eigenvalue weighted by Gasteiger charge is 2.30. The fourth-order valence-electron chi connectivity index (χ4n) is 4.36. The zero-order valence-electron chi connectivity index (χ0n) is 20.5. The van der Waals surface area contributed by atoms with E-state index >= 15 is 0 Å². The maximum absolute atomic E-state index is 12.9. The van der Waals surface area contributed by atoms with Gasteiger partial charge in [0.15, 0.2) is 0 Å². The number of alkyl halides is 3. The summed E-state index contributed by atoms with van der Waals surface area (Å²) in [5, 5.41) is 0.